The fourth-order valence-corrected chi connectivity index (χ4v) is 2.89. The van der Waals surface area contributed by atoms with Crippen LogP contribution in [-0.2, 0) is 13.1 Å². The van der Waals surface area contributed by atoms with Crippen molar-refractivity contribution in [1.82, 2.24) is 15.3 Å². The minimum absolute atomic E-state index is 0.819. The highest BCUT2D eigenvalue weighted by Gasteiger charge is 2.02. The lowest BCUT2D eigenvalue weighted by Crippen LogP contribution is -2.12. The molecule has 2 heterocycles. The molecule has 19 heavy (non-hydrogen) atoms. The second-order valence-corrected chi connectivity index (χ2v) is 5.80. The van der Waals surface area contributed by atoms with Crippen LogP contribution in [0.5, 0.6) is 0 Å². The molecule has 0 atom stereocenters. The summed E-state index contributed by atoms with van der Waals surface area (Å²) in [7, 11) is 0. The van der Waals surface area contributed by atoms with Gasteiger partial charge in [0.2, 0.25) is 0 Å². The van der Waals surface area contributed by atoms with Crippen LogP contribution in [0.1, 0.15) is 15.4 Å². The Bertz CT molecular complexity index is 685. The van der Waals surface area contributed by atoms with Gasteiger partial charge in [-0.1, -0.05) is 18.2 Å². The molecule has 0 fully saturated rings. The summed E-state index contributed by atoms with van der Waals surface area (Å²) < 4.78 is 0. The fourth-order valence-electron chi connectivity index (χ4n) is 2.13. The highest BCUT2D eigenvalue weighted by atomic mass is 32.1. The number of pyridine rings is 1. The molecule has 0 aliphatic carbocycles. The van der Waals surface area contributed by atoms with Gasteiger partial charge in [0.15, 0.2) is 0 Å². The van der Waals surface area contributed by atoms with Crippen molar-refractivity contribution in [2.75, 3.05) is 0 Å². The molecule has 3 aromatic rings. The van der Waals surface area contributed by atoms with Gasteiger partial charge in [0, 0.05) is 41.9 Å². The molecule has 0 unspecified atom stereocenters. The molecular formula is C15H15N3S. The first-order valence-corrected chi connectivity index (χ1v) is 7.08. The summed E-state index contributed by atoms with van der Waals surface area (Å²) in [6, 6.07) is 8.40. The van der Waals surface area contributed by atoms with Gasteiger partial charge in [0.1, 0.15) is 5.01 Å². The summed E-state index contributed by atoms with van der Waals surface area (Å²) in [6.07, 6.45) is 5.67. The number of nitrogens with zero attached hydrogens (tertiary/aromatic N) is 2. The van der Waals surface area contributed by atoms with Crippen molar-refractivity contribution in [2.24, 2.45) is 0 Å². The number of aryl methyl sites for hydroxylation is 1. The van der Waals surface area contributed by atoms with Gasteiger partial charge in [0.25, 0.3) is 0 Å². The molecule has 3 nitrogen and oxygen atoms in total. The molecule has 3 rings (SSSR count). The van der Waals surface area contributed by atoms with E-state index < -0.39 is 0 Å². The largest absolute Gasteiger partial charge is 0.306 e. The first kappa shape index (κ1) is 12.3. The number of aromatic nitrogens is 2. The number of benzene rings is 1. The van der Waals surface area contributed by atoms with Crippen LogP contribution in [-0.4, -0.2) is 9.97 Å². The molecule has 0 aliphatic rings. The number of hydrogen-bond donors (Lipinski definition) is 1. The number of nitrogens with one attached hydrogen (secondary N) is 1. The van der Waals surface area contributed by atoms with Crippen molar-refractivity contribution in [3.8, 4) is 0 Å². The standard InChI is InChI=1S/C15H15N3S/c1-11-7-18-15(19-11)10-17-9-13-4-2-3-12-8-16-6-5-14(12)13/h2-8,17H,9-10H2,1H3. The van der Waals surface area contributed by atoms with E-state index in [-0.39, 0.29) is 0 Å². The molecule has 96 valence electrons. The maximum absolute atomic E-state index is 4.36. The maximum atomic E-state index is 4.36. The topological polar surface area (TPSA) is 37.8 Å². The lowest BCUT2D eigenvalue weighted by Gasteiger charge is -2.06. The van der Waals surface area contributed by atoms with Crippen molar-refractivity contribution >= 4 is 22.1 Å². The van der Waals surface area contributed by atoms with Crippen LogP contribution < -0.4 is 5.32 Å². The lowest BCUT2D eigenvalue weighted by molar-refractivity contribution is 0.693. The third-order valence-electron chi connectivity index (χ3n) is 3.03. The summed E-state index contributed by atoms with van der Waals surface area (Å²) in [5, 5.41) is 7.04. The van der Waals surface area contributed by atoms with Crippen molar-refractivity contribution in [3.05, 3.63) is 58.3 Å². The van der Waals surface area contributed by atoms with Gasteiger partial charge in [0.05, 0.1) is 0 Å². The van der Waals surface area contributed by atoms with E-state index in [4.69, 9.17) is 0 Å². The molecule has 0 bridgehead atoms. The molecule has 0 spiro atoms. The predicted octanol–water partition coefficient (Wildman–Crippen LogP) is 3.29. The molecule has 0 amide bonds. The zero-order valence-electron chi connectivity index (χ0n) is 10.8. The third kappa shape index (κ3) is 2.80. The number of rotatable bonds is 4. The van der Waals surface area contributed by atoms with Gasteiger partial charge < -0.3 is 5.32 Å². The Morgan fingerprint density at radius 2 is 2.11 bits per heavy atom. The van der Waals surface area contributed by atoms with Crippen LogP contribution in [0.15, 0.2) is 42.9 Å². The van der Waals surface area contributed by atoms with Crippen molar-refractivity contribution in [2.45, 2.75) is 20.0 Å². The summed E-state index contributed by atoms with van der Waals surface area (Å²) in [5.74, 6) is 0. The smallest absolute Gasteiger partial charge is 0.107 e. The maximum Gasteiger partial charge on any atom is 0.107 e. The minimum atomic E-state index is 0.819. The van der Waals surface area contributed by atoms with E-state index in [9.17, 15) is 0 Å². The average Bonchev–Trinajstić information content (AvgIpc) is 2.85. The first-order chi connectivity index (χ1) is 9.33. The molecule has 1 N–H and O–H groups in total. The highest BCUT2D eigenvalue weighted by molar-refractivity contribution is 7.11. The van der Waals surface area contributed by atoms with E-state index in [2.05, 4.69) is 46.5 Å². The second-order valence-electron chi connectivity index (χ2n) is 4.48. The molecule has 4 heteroatoms. The fraction of sp³-hybridized carbons (Fsp3) is 0.200. The van der Waals surface area contributed by atoms with E-state index >= 15 is 0 Å². The van der Waals surface area contributed by atoms with Crippen LogP contribution in [0.4, 0.5) is 0 Å². The number of thiazole rings is 1. The van der Waals surface area contributed by atoms with Gasteiger partial charge in [-0.25, -0.2) is 4.98 Å². The van der Waals surface area contributed by atoms with E-state index in [1.54, 1.807) is 11.3 Å². The van der Waals surface area contributed by atoms with Crippen molar-refractivity contribution in [1.29, 1.82) is 0 Å². The van der Waals surface area contributed by atoms with Crippen LogP contribution in [0.2, 0.25) is 0 Å². The highest BCUT2D eigenvalue weighted by Crippen LogP contribution is 2.17. The zero-order valence-corrected chi connectivity index (χ0v) is 11.6. The normalized spacial score (nSPS) is 11.0. The molecule has 0 saturated heterocycles. The summed E-state index contributed by atoms with van der Waals surface area (Å²) in [5.41, 5.74) is 1.30. The molecular weight excluding hydrogens is 254 g/mol. The van der Waals surface area contributed by atoms with Gasteiger partial charge in [-0.15, -0.1) is 11.3 Å². The van der Waals surface area contributed by atoms with Gasteiger partial charge in [-0.05, 0) is 23.9 Å². The third-order valence-corrected chi connectivity index (χ3v) is 3.94. The number of hydrogen-bond acceptors (Lipinski definition) is 4. The quantitative estimate of drug-likeness (QED) is 0.789. The van der Waals surface area contributed by atoms with Crippen molar-refractivity contribution < 1.29 is 0 Å². The molecule has 0 aliphatic heterocycles. The van der Waals surface area contributed by atoms with Gasteiger partial charge in [-0.3, -0.25) is 4.98 Å². The monoisotopic (exact) mass is 269 g/mol. The van der Waals surface area contributed by atoms with Crippen LogP contribution in [0.25, 0.3) is 10.8 Å². The molecule has 0 saturated carbocycles. The first-order valence-electron chi connectivity index (χ1n) is 6.26. The zero-order chi connectivity index (χ0) is 13.1. The Morgan fingerprint density at radius 3 is 2.95 bits per heavy atom. The summed E-state index contributed by atoms with van der Waals surface area (Å²) in [6.45, 7) is 3.75. The Kier molecular flexibility index (Phi) is 3.53. The Balaban J connectivity index is 1.71. The SMILES string of the molecule is Cc1cnc(CNCc2cccc3cnccc23)s1. The Hall–Kier alpha value is -1.78. The predicted molar refractivity (Wildman–Crippen MR) is 79.1 cm³/mol. The molecule has 1 aromatic carbocycles. The van der Waals surface area contributed by atoms with E-state index in [1.165, 1.54) is 21.2 Å². The average molecular weight is 269 g/mol. The Morgan fingerprint density at radius 1 is 1.16 bits per heavy atom. The summed E-state index contributed by atoms with van der Waals surface area (Å²) >= 11 is 1.74. The minimum Gasteiger partial charge on any atom is -0.306 e. The number of fused-ring (bicyclic) bond motifs is 1. The van der Waals surface area contributed by atoms with Crippen LogP contribution >= 0.6 is 11.3 Å². The van der Waals surface area contributed by atoms with Gasteiger partial charge >= 0.3 is 0 Å². The molecule has 0 radical (unpaired) electrons. The molecule has 2 aromatic heterocycles. The second kappa shape index (κ2) is 5.47. The van der Waals surface area contributed by atoms with Crippen LogP contribution in [0, 0.1) is 6.92 Å². The van der Waals surface area contributed by atoms with Gasteiger partial charge in [-0.2, -0.15) is 0 Å². The summed E-state index contributed by atoms with van der Waals surface area (Å²) in [4.78, 5) is 9.77. The lowest BCUT2D eigenvalue weighted by atomic mass is 10.1. The van der Waals surface area contributed by atoms with E-state index in [0.717, 1.165) is 18.1 Å². The van der Waals surface area contributed by atoms with E-state index in [0.29, 0.717) is 0 Å². The van der Waals surface area contributed by atoms with E-state index in [1.807, 2.05) is 18.6 Å². The van der Waals surface area contributed by atoms with Crippen molar-refractivity contribution in [3.63, 3.8) is 0 Å². The Labute approximate surface area is 116 Å². The van der Waals surface area contributed by atoms with Crippen LogP contribution in [0.3, 0.4) is 0 Å².